The summed E-state index contributed by atoms with van der Waals surface area (Å²) in [6.07, 6.45) is 6.91. The van der Waals surface area contributed by atoms with Gasteiger partial charge in [0.15, 0.2) is 0 Å². The lowest BCUT2D eigenvalue weighted by Crippen LogP contribution is -2.36. The minimum atomic E-state index is 0.763. The van der Waals surface area contributed by atoms with Crippen molar-refractivity contribution in [3.05, 3.63) is 29.8 Å². The molecule has 3 nitrogen and oxygen atoms in total. The van der Waals surface area contributed by atoms with Gasteiger partial charge in [-0.25, -0.2) is 0 Å². The van der Waals surface area contributed by atoms with E-state index in [1.165, 1.54) is 37.7 Å². The Balaban J connectivity index is 1.77. The molecule has 1 aliphatic rings. The molecule has 0 spiro atoms. The summed E-state index contributed by atoms with van der Waals surface area (Å²) in [7, 11) is 2.24. The van der Waals surface area contributed by atoms with Gasteiger partial charge in [-0.1, -0.05) is 44.4 Å². The Morgan fingerprint density at radius 2 is 1.95 bits per heavy atom. The number of para-hydroxylation sites is 1. The minimum Gasteiger partial charge on any atom is -0.492 e. The van der Waals surface area contributed by atoms with Gasteiger partial charge in [0, 0.05) is 24.7 Å². The number of rotatable bonds is 8. The zero-order valence-corrected chi connectivity index (χ0v) is 13.6. The monoisotopic (exact) mass is 290 g/mol. The Kier molecular flexibility index (Phi) is 7.04. The van der Waals surface area contributed by atoms with Crippen LogP contribution in [0.4, 0.5) is 0 Å². The van der Waals surface area contributed by atoms with E-state index in [4.69, 9.17) is 4.74 Å². The maximum Gasteiger partial charge on any atom is 0.123 e. The number of ether oxygens (including phenoxy) is 1. The second-order valence-corrected chi connectivity index (χ2v) is 6.01. The van der Waals surface area contributed by atoms with Gasteiger partial charge in [-0.05, 0) is 32.5 Å². The van der Waals surface area contributed by atoms with Crippen molar-refractivity contribution < 1.29 is 4.74 Å². The molecule has 1 fully saturated rings. The smallest absolute Gasteiger partial charge is 0.123 e. The zero-order valence-electron chi connectivity index (χ0n) is 13.6. The van der Waals surface area contributed by atoms with Gasteiger partial charge in [0.1, 0.15) is 12.4 Å². The molecule has 0 radical (unpaired) electrons. The van der Waals surface area contributed by atoms with Crippen LogP contribution in [0.25, 0.3) is 0 Å². The van der Waals surface area contributed by atoms with Crippen molar-refractivity contribution in [3.63, 3.8) is 0 Å². The van der Waals surface area contributed by atoms with Crippen LogP contribution in [-0.4, -0.2) is 37.7 Å². The fourth-order valence-electron chi connectivity index (χ4n) is 3.05. The summed E-state index contributed by atoms with van der Waals surface area (Å²) >= 11 is 0. The first-order valence-electron chi connectivity index (χ1n) is 8.43. The van der Waals surface area contributed by atoms with Gasteiger partial charge in [0.05, 0.1) is 0 Å². The quantitative estimate of drug-likeness (QED) is 0.794. The Labute approximate surface area is 129 Å². The SMILES string of the molecule is CCNCc1ccccc1OCCN(C)C1CCCCC1. The number of nitrogens with zero attached hydrogens (tertiary/aromatic N) is 1. The van der Waals surface area contributed by atoms with Crippen LogP contribution in [0.3, 0.4) is 0 Å². The Morgan fingerprint density at radius 1 is 1.19 bits per heavy atom. The van der Waals surface area contributed by atoms with E-state index in [2.05, 4.69) is 48.5 Å². The summed E-state index contributed by atoms with van der Waals surface area (Å²) in [6, 6.07) is 9.11. The summed E-state index contributed by atoms with van der Waals surface area (Å²) in [5, 5.41) is 3.37. The van der Waals surface area contributed by atoms with Gasteiger partial charge in [-0.3, -0.25) is 0 Å². The molecule has 3 heteroatoms. The lowest BCUT2D eigenvalue weighted by molar-refractivity contribution is 0.159. The highest BCUT2D eigenvalue weighted by molar-refractivity contribution is 5.33. The second kappa shape index (κ2) is 9.06. The lowest BCUT2D eigenvalue weighted by Gasteiger charge is -2.31. The molecular formula is C18H30N2O. The molecule has 118 valence electrons. The van der Waals surface area contributed by atoms with Gasteiger partial charge in [-0.15, -0.1) is 0 Å². The third kappa shape index (κ3) is 5.33. The predicted molar refractivity (Wildman–Crippen MR) is 88.8 cm³/mol. The van der Waals surface area contributed by atoms with E-state index in [1.54, 1.807) is 0 Å². The van der Waals surface area contributed by atoms with Crippen LogP contribution in [-0.2, 0) is 6.54 Å². The molecule has 1 N–H and O–H groups in total. The first-order chi connectivity index (χ1) is 10.3. The molecule has 1 saturated carbocycles. The Bertz CT molecular complexity index is 402. The van der Waals surface area contributed by atoms with Crippen molar-refractivity contribution in [1.82, 2.24) is 10.2 Å². The van der Waals surface area contributed by atoms with Crippen molar-refractivity contribution in [2.45, 2.75) is 51.6 Å². The van der Waals surface area contributed by atoms with Crippen LogP contribution in [0.2, 0.25) is 0 Å². The minimum absolute atomic E-state index is 0.763. The standard InChI is InChI=1S/C18H30N2O/c1-3-19-15-16-9-7-8-12-18(16)21-14-13-20(2)17-10-5-4-6-11-17/h7-9,12,17,19H,3-6,10-11,13-15H2,1-2H3. The van der Waals surface area contributed by atoms with E-state index < -0.39 is 0 Å². The summed E-state index contributed by atoms with van der Waals surface area (Å²) in [6.45, 7) is 5.78. The molecule has 0 unspecified atom stereocenters. The molecule has 0 aliphatic heterocycles. The Morgan fingerprint density at radius 3 is 2.71 bits per heavy atom. The van der Waals surface area contributed by atoms with Crippen molar-refractivity contribution in [3.8, 4) is 5.75 Å². The lowest BCUT2D eigenvalue weighted by atomic mass is 9.94. The van der Waals surface area contributed by atoms with Crippen LogP contribution in [0.5, 0.6) is 5.75 Å². The molecule has 0 aromatic heterocycles. The normalized spacial score (nSPS) is 16.3. The van der Waals surface area contributed by atoms with Crippen molar-refractivity contribution in [1.29, 1.82) is 0 Å². The molecule has 21 heavy (non-hydrogen) atoms. The summed E-state index contributed by atoms with van der Waals surface area (Å²) in [5.41, 5.74) is 1.25. The van der Waals surface area contributed by atoms with Crippen LogP contribution in [0.1, 0.15) is 44.6 Å². The maximum atomic E-state index is 6.01. The second-order valence-electron chi connectivity index (χ2n) is 6.01. The largest absolute Gasteiger partial charge is 0.492 e. The molecule has 0 saturated heterocycles. The summed E-state index contributed by atoms with van der Waals surface area (Å²) < 4.78 is 6.01. The molecule has 1 aromatic carbocycles. The summed E-state index contributed by atoms with van der Waals surface area (Å²) in [5.74, 6) is 1.02. The van der Waals surface area contributed by atoms with Crippen LogP contribution in [0, 0.1) is 0 Å². The molecule has 0 bridgehead atoms. The third-order valence-corrected chi connectivity index (χ3v) is 4.44. The van der Waals surface area contributed by atoms with Crippen molar-refractivity contribution >= 4 is 0 Å². The van der Waals surface area contributed by atoms with Gasteiger partial charge in [0.2, 0.25) is 0 Å². The third-order valence-electron chi connectivity index (χ3n) is 4.44. The van der Waals surface area contributed by atoms with E-state index in [-0.39, 0.29) is 0 Å². The van der Waals surface area contributed by atoms with Gasteiger partial charge in [-0.2, -0.15) is 0 Å². The number of nitrogens with one attached hydrogen (secondary N) is 1. The number of likely N-dealkylation sites (N-methyl/N-ethyl adjacent to an activating group) is 1. The van der Waals surface area contributed by atoms with Crippen LogP contribution < -0.4 is 10.1 Å². The fraction of sp³-hybridized carbons (Fsp3) is 0.667. The Hall–Kier alpha value is -1.06. The number of benzene rings is 1. The van der Waals surface area contributed by atoms with Gasteiger partial charge >= 0.3 is 0 Å². The zero-order chi connectivity index (χ0) is 14.9. The van der Waals surface area contributed by atoms with Crippen molar-refractivity contribution in [2.75, 3.05) is 26.7 Å². The summed E-state index contributed by atoms with van der Waals surface area (Å²) in [4.78, 5) is 2.48. The molecular weight excluding hydrogens is 260 g/mol. The highest BCUT2D eigenvalue weighted by atomic mass is 16.5. The van der Waals surface area contributed by atoms with Gasteiger partial charge < -0.3 is 15.0 Å². The fourth-order valence-corrected chi connectivity index (χ4v) is 3.05. The highest BCUT2D eigenvalue weighted by Crippen LogP contribution is 2.22. The molecule has 0 heterocycles. The molecule has 0 amide bonds. The highest BCUT2D eigenvalue weighted by Gasteiger charge is 2.17. The molecule has 1 aliphatic carbocycles. The maximum absolute atomic E-state index is 6.01. The van der Waals surface area contributed by atoms with E-state index in [1.807, 2.05) is 0 Å². The number of hydrogen-bond acceptors (Lipinski definition) is 3. The van der Waals surface area contributed by atoms with Crippen LogP contribution in [0.15, 0.2) is 24.3 Å². The first-order valence-corrected chi connectivity index (χ1v) is 8.43. The first kappa shape index (κ1) is 16.3. The molecule has 0 atom stereocenters. The topological polar surface area (TPSA) is 24.5 Å². The molecule has 2 rings (SSSR count). The average Bonchev–Trinajstić information content (AvgIpc) is 2.54. The van der Waals surface area contributed by atoms with Crippen molar-refractivity contribution in [2.24, 2.45) is 0 Å². The van der Waals surface area contributed by atoms with E-state index >= 15 is 0 Å². The molecule has 1 aromatic rings. The van der Waals surface area contributed by atoms with Gasteiger partial charge in [0.25, 0.3) is 0 Å². The predicted octanol–water partition coefficient (Wildman–Crippen LogP) is 3.44. The average molecular weight is 290 g/mol. The van der Waals surface area contributed by atoms with Crippen LogP contribution >= 0.6 is 0 Å². The van der Waals surface area contributed by atoms with E-state index in [0.29, 0.717) is 0 Å². The van der Waals surface area contributed by atoms with E-state index in [0.717, 1.165) is 38.0 Å². The van der Waals surface area contributed by atoms with E-state index in [9.17, 15) is 0 Å². The number of hydrogen-bond donors (Lipinski definition) is 1.